The highest BCUT2D eigenvalue weighted by Gasteiger charge is 2.65. The lowest BCUT2D eigenvalue weighted by molar-refractivity contribution is -0.145. The van der Waals surface area contributed by atoms with Crippen LogP contribution in [0.4, 0.5) is 0 Å². The molecule has 1 saturated carbocycles. The summed E-state index contributed by atoms with van der Waals surface area (Å²) in [5, 5.41) is 0. The minimum Gasteiger partial charge on any atom is -0.366 e. The molecule has 3 rings (SSSR count). The van der Waals surface area contributed by atoms with Crippen molar-refractivity contribution in [3.63, 3.8) is 0 Å². The van der Waals surface area contributed by atoms with Crippen LogP contribution in [-0.4, -0.2) is 38.5 Å². The van der Waals surface area contributed by atoms with Crippen LogP contribution >= 0.6 is 0 Å². The number of carbonyl (C=O) groups is 1. The fourth-order valence-electron chi connectivity index (χ4n) is 4.71. The molecule has 0 bridgehead atoms. The summed E-state index contributed by atoms with van der Waals surface area (Å²) in [7, 11) is 1.63. The molecule has 4 heteroatoms. The Balaban J connectivity index is 1.77. The maximum Gasteiger partial charge on any atom is 0.165 e. The Bertz CT molecular complexity index is 411. The van der Waals surface area contributed by atoms with Gasteiger partial charge in [-0.3, -0.25) is 4.79 Å². The van der Waals surface area contributed by atoms with E-state index in [0.717, 1.165) is 45.1 Å². The average molecular weight is 294 g/mol. The molecule has 0 aromatic heterocycles. The second-order valence-corrected chi connectivity index (χ2v) is 6.54. The van der Waals surface area contributed by atoms with Crippen molar-refractivity contribution in [3.05, 3.63) is 12.2 Å². The van der Waals surface area contributed by atoms with Gasteiger partial charge in [0.25, 0.3) is 0 Å². The Morgan fingerprint density at radius 1 is 1.48 bits per heavy atom. The van der Waals surface area contributed by atoms with Gasteiger partial charge in [-0.15, -0.1) is 0 Å². The van der Waals surface area contributed by atoms with Gasteiger partial charge in [0, 0.05) is 32.2 Å². The number of carbonyl (C=O) groups excluding carboxylic acids is 1. The first-order valence-corrected chi connectivity index (χ1v) is 8.17. The molecule has 1 aliphatic heterocycles. The average Bonchev–Trinajstić information content (AvgIpc) is 3.07. The number of hydrogen-bond acceptors (Lipinski definition) is 4. The van der Waals surface area contributed by atoms with Crippen LogP contribution in [0.2, 0.25) is 0 Å². The van der Waals surface area contributed by atoms with Crippen molar-refractivity contribution >= 4 is 5.78 Å². The molecule has 1 saturated heterocycles. The third-order valence-electron chi connectivity index (χ3n) is 5.56. The topological polar surface area (TPSA) is 44.8 Å². The summed E-state index contributed by atoms with van der Waals surface area (Å²) in [6, 6.07) is 0. The van der Waals surface area contributed by atoms with Gasteiger partial charge < -0.3 is 14.2 Å². The van der Waals surface area contributed by atoms with E-state index in [9.17, 15) is 4.79 Å². The van der Waals surface area contributed by atoms with E-state index in [2.05, 4.69) is 12.2 Å². The highest BCUT2D eigenvalue weighted by atomic mass is 16.7. The van der Waals surface area contributed by atoms with E-state index >= 15 is 0 Å². The van der Waals surface area contributed by atoms with Crippen LogP contribution in [0.1, 0.15) is 44.9 Å². The van der Waals surface area contributed by atoms with Crippen molar-refractivity contribution in [1.82, 2.24) is 0 Å². The van der Waals surface area contributed by atoms with Gasteiger partial charge in [0.2, 0.25) is 0 Å². The maximum absolute atomic E-state index is 12.7. The standard InChI is InChI=1S/C17H26O4/c1-19-13-20-10-4-8-16-7-3-2-6-14(16)12-15(18)17(16)9-5-11-21-17/h3,7,14H,2,4-6,8-13H2,1H3/t14-,16+,17-/m0/s1. The molecule has 3 aliphatic rings. The van der Waals surface area contributed by atoms with Gasteiger partial charge in [0.1, 0.15) is 12.4 Å². The lowest BCUT2D eigenvalue weighted by Crippen LogP contribution is -2.50. The van der Waals surface area contributed by atoms with Crippen molar-refractivity contribution in [3.8, 4) is 0 Å². The second kappa shape index (κ2) is 6.19. The van der Waals surface area contributed by atoms with Gasteiger partial charge in [0.15, 0.2) is 5.78 Å². The summed E-state index contributed by atoms with van der Waals surface area (Å²) in [5.41, 5.74) is -0.620. The number of ether oxygens (including phenoxy) is 3. The van der Waals surface area contributed by atoms with Crippen LogP contribution in [0.3, 0.4) is 0 Å². The van der Waals surface area contributed by atoms with Crippen molar-refractivity contribution in [2.45, 2.75) is 50.5 Å². The number of hydrogen-bond donors (Lipinski definition) is 0. The summed E-state index contributed by atoms with van der Waals surface area (Å²) < 4.78 is 16.4. The molecule has 0 radical (unpaired) electrons. The van der Waals surface area contributed by atoms with Gasteiger partial charge in [-0.05, 0) is 44.4 Å². The highest BCUT2D eigenvalue weighted by molar-refractivity contribution is 5.92. The van der Waals surface area contributed by atoms with Gasteiger partial charge in [-0.1, -0.05) is 12.2 Å². The van der Waals surface area contributed by atoms with Gasteiger partial charge in [-0.2, -0.15) is 0 Å². The first-order valence-electron chi connectivity index (χ1n) is 8.17. The van der Waals surface area contributed by atoms with Gasteiger partial charge in [-0.25, -0.2) is 0 Å². The second-order valence-electron chi connectivity index (χ2n) is 6.54. The first-order chi connectivity index (χ1) is 10.3. The molecule has 21 heavy (non-hydrogen) atoms. The van der Waals surface area contributed by atoms with E-state index in [1.54, 1.807) is 7.11 Å². The molecule has 0 N–H and O–H groups in total. The Labute approximate surface area is 126 Å². The largest absolute Gasteiger partial charge is 0.366 e. The fraction of sp³-hybridized carbons (Fsp3) is 0.824. The maximum atomic E-state index is 12.7. The molecule has 2 aliphatic carbocycles. The molecule has 0 unspecified atom stereocenters. The van der Waals surface area contributed by atoms with Crippen LogP contribution in [0.25, 0.3) is 0 Å². The number of fused-ring (bicyclic) bond motifs is 2. The zero-order valence-electron chi connectivity index (χ0n) is 12.9. The zero-order valence-corrected chi connectivity index (χ0v) is 12.9. The lowest BCUT2D eigenvalue weighted by atomic mass is 9.62. The normalized spacial score (nSPS) is 38.3. The van der Waals surface area contributed by atoms with Gasteiger partial charge >= 0.3 is 0 Å². The lowest BCUT2D eigenvalue weighted by Gasteiger charge is -2.45. The Kier molecular flexibility index (Phi) is 4.48. The van der Waals surface area contributed by atoms with E-state index in [0.29, 0.717) is 31.5 Å². The Morgan fingerprint density at radius 3 is 3.14 bits per heavy atom. The summed E-state index contributed by atoms with van der Waals surface area (Å²) in [5.74, 6) is 0.796. The predicted molar refractivity (Wildman–Crippen MR) is 78.9 cm³/mol. The Hall–Kier alpha value is -0.710. The van der Waals surface area contributed by atoms with E-state index < -0.39 is 5.60 Å². The van der Waals surface area contributed by atoms with Gasteiger partial charge in [0.05, 0.1) is 0 Å². The monoisotopic (exact) mass is 294 g/mol. The predicted octanol–water partition coefficient (Wildman–Crippen LogP) is 2.86. The van der Waals surface area contributed by atoms with E-state index in [1.807, 2.05) is 0 Å². The zero-order chi connectivity index (χ0) is 14.8. The summed E-state index contributed by atoms with van der Waals surface area (Å²) in [6.07, 6.45) is 11.3. The molecule has 0 aromatic carbocycles. The molecule has 3 atom stereocenters. The smallest absolute Gasteiger partial charge is 0.165 e. The molecule has 1 heterocycles. The summed E-state index contributed by atoms with van der Waals surface area (Å²) in [4.78, 5) is 12.7. The number of ketones is 1. The van der Waals surface area contributed by atoms with E-state index in [-0.39, 0.29) is 5.41 Å². The van der Waals surface area contributed by atoms with Crippen molar-refractivity contribution in [1.29, 1.82) is 0 Å². The minimum atomic E-state index is -0.532. The van der Waals surface area contributed by atoms with Crippen LogP contribution < -0.4 is 0 Å². The van der Waals surface area contributed by atoms with Crippen LogP contribution in [-0.2, 0) is 19.0 Å². The summed E-state index contributed by atoms with van der Waals surface area (Å²) in [6.45, 7) is 1.75. The van der Waals surface area contributed by atoms with Crippen molar-refractivity contribution in [2.75, 3.05) is 27.1 Å². The summed E-state index contributed by atoms with van der Waals surface area (Å²) >= 11 is 0. The molecule has 1 spiro atoms. The van der Waals surface area contributed by atoms with Crippen molar-refractivity contribution in [2.24, 2.45) is 11.3 Å². The third-order valence-corrected chi connectivity index (χ3v) is 5.56. The Morgan fingerprint density at radius 2 is 2.38 bits per heavy atom. The molecule has 4 nitrogen and oxygen atoms in total. The number of rotatable bonds is 6. The quantitative estimate of drug-likeness (QED) is 0.429. The van der Waals surface area contributed by atoms with Crippen LogP contribution in [0, 0.1) is 11.3 Å². The third kappa shape index (κ3) is 2.37. The molecule has 0 aromatic rings. The van der Waals surface area contributed by atoms with Crippen LogP contribution in [0.15, 0.2) is 12.2 Å². The molecule has 118 valence electrons. The van der Waals surface area contributed by atoms with Crippen molar-refractivity contribution < 1.29 is 19.0 Å². The highest BCUT2D eigenvalue weighted by Crippen LogP contribution is 2.60. The SMILES string of the molecule is COCOCCC[C@]12C=CCC[C@H]1CC(=O)[C@@]21CCCO1. The molecule has 0 amide bonds. The molecule has 2 fully saturated rings. The van der Waals surface area contributed by atoms with Crippen LogP contribution in [0.5, 0.6) is 0 Å². The first kappa shape index (κ1) is 15.2. The number of methoxy groups -OCH3 is 1. The van der Waals surface area contributed by atoms with E-state index in [4.69, 9.17) is 14.2 Å². The van der Waals surface area contributed by atoms with E-state index in [1.165, 1.54) is 0 Å². The molecular weight excluding hydrogens is 268 g/mol. The molecular formula is C17H26O4. The minimum absolute atomic E-state index is 0.0880. The number of Topliss-reactive ketones (excluding diaryl/α,β-unsaturated/α-hetero) is 1. The number of allylic oxidation sites excluding steroid dienone is 1. The fourth-order valence-corrected chi connectivity index (χ4v) is 4.71.